The molecule has 2 nitrogen and oxygen atoms in total. The molecule has 0 bridgehead atoms. The first-order valence-electron chi connectivity index (χ1n) is 19.8. The zero-order chi connectivity index (χ0) is 38.6. The normalized spacial score (nSPS) is 18.7. The van der Waals surface area contributed by atoms with E-state index in [1.807, 2.05) is 12.1 Å². The number of allylic oxidation sites excluding steroid dienone is 8. The highest BCUT2D eigenvalue weighted by atomic mass is 16.1. The molecular weight excluding hydrogens is 693 g/mol. The predicted octanol–water partition coefficient (Wildman–Crippen LogP) is 9.13. The van der Waals surface area contributed by atoms with Crippen LogP contribution in [0.5, 0.6) is 0 Å². The number of fused-ring (bicyclic) bond motifs is 6. The highest BCUT2D eigenvalue weighted by Gasteiger charge is 2.40. The van der Waals surface area contributed by atoms with E-state index in [4.69, 9.17) is 0 Å². The monoisotopic (exact) mass is 734 g/mol. The first-order valence-corrected chi connectivity index (χ1v) is 19.8. The van der Waals surface area contributed by atoms with Crippen LogP contribution >= 0.6 is 0 Å². The van der Waals surface area contributed by atoms with Gasteiger partial charge in [0.2, 0.25) is 0 Å². The van der Waals surface area contributed by atoms with Crippen LogP contribution in [0.15, 0.2) is 192 Å². The molecule has 0 aliphatic heterocycles. The van der Waals surface area contributed by atoms with Gasteiger partial charge in [-0.3, -0.25) is 9.59 Å². The summed E-state index contributed by atoms with van der Waals surface area (Å²) in [5.41, 5.74) is 15.6. The van der Waals surface area contributed by atoms with Gasteiger partial charge in [0, 0.05) is 11.8 Å². The molecule has 0 atom stereocenters. The second-order valence-electron chi connectivity index (χ2n) is 15.5. The largest absolute Gasteiger partial charge is 0.351 e. The third-order valence-corrected chi connectivity index (χ3v) is 12.0. The number of benzene rings is 6. The topological polar surface area (TPSA) is 42.8 Å². The fourth-order valence-corrected chi connectivity index (χ4v) is 9.60. The van der Waals surface area contributed by atoms with E-state index in [0.717, 1.165) is 54.3 Å². The van der Waals surface area contributed by atoms with Crippen molar-refractivity contribution < 1.29 is 9.59 Å². The number of hydrogen-bond acceptors (Lipinski definition) is 0. The van der Waals surface area contributed by atoms with Crippen LogP contribution < -0.4 is 20.9 Å². The minimum absolute atomic E-state index is 0.0475. The fourth-order valence-electron chi connectivity index (χ4n) is 9.60. The average Bonchev–Trinajstić information content (AvgIpc) is 3.76. The van der Waals surface area contributed by atoms with Crippen molar-refractivity contribution in [3.05, 3.63) is 235 Å². The van der Waals surface area contributed by atoms with Crippen molar-refractivity contribution in [2.75, 3.05) is 0 Å². The van der Waals surface area contributed by atoms with Gasteiger partial charge in [0.05, 0.1) is 22.3 Å². The van der Waals surface area contributed by atoms with E-state index in [0.29, 0.717) is 18.0 Å². The van der Waals surface area contributed by atoms with Crippen molar-refractivity contribution in [3.63, 3.8) is 0 Å². The van der Waals surface area contributed by atoms with Crippen molar-refractivity contribution in [2.24, 2.45) is 0 Å². The lowest BCUT2D eigenvalue weighted by Gasteiger charge is -2.18. The van der Waals surface area contributed by atoms with Gasteiger partial charge in [0.25, 0.3) is 0 Å². The molecule has 0 amide bonds. The van der Waals surface area contributed by atoms with E-state index < -0.39 is 0 Å². The Morgan fingerprint density at radius 3 is 1.09 bits per heavy atom. The smallest absolute Gasteiger partial charge is 0.273 e. The van der Waals surface area contributed by atoms with E-state index in [2.05, 4.69) is 184 Å². The van der Waals surface area contributed by atoms with Crippen molar-refractivity contribution in [1.82, 2.24) is 0 Å². The van der Waals surface area contributed by atoms with Gasteiger partial charge in [-0.15, -0.1) is 0 Å². The molecule has 0 fully saturated rings. The van der Waals surface area contributed by atoms with Gasteiger partial charge in [-0.25, -0.2) is 0 Å². The molecule has 272 valence electrons. The molecule has 4 aliphatic carbocycles. The van der Waals surface area contributed by atoms with E-state index in [1.54, 1.807) is 0 Å². The van der Waals surface area contributed by atoms with E-state index in [9.17, 15) is 9.59 Å². The standard InChI is InChI=1S/C55H40O2/c1-34-30-48(54(56)50(32-34)52-44-26-11-7-22-40(44)41-23-8-12-27-45(41)52)38-20-5-3-16-36(38)18-15-19-37-17-4-6-21-39(37)49-31-35(2)33-51(55(49)57)53-46-28-13-9-24-42(46)43-25-10-14-29-47(43)53/h3-14,16-33,52-53H,15H2,1-2H3/p+2. The molecule has 57 heavy (non-hydrogen) atoms. The molecule has 2 heteroatoms. The molecule has 0 radical (unpaired) electrons. The van der Waals surface area contributed by atoms with Gasteiger partial charge in [-0.2, -0.15) is 0 Å². The number of hydrogen-bond donors (Lipinski definition) is 0. The molecule has 0 unspecified atom stereocenters. The zero-order valence-corrected chi connectivity index (χ0v) is 32.1. The maximum atomic E-state index is 12.2. The molecule has 10 rings (SSSR count). The highest BCUT2D eigenvalue weighted by molar-refractivity contribution is 6.30. The zero-order valence-electron chi connectivity index (χ0n) is 32.1. The molecule has 0 saturated carbocycles. The third-order valence-electron chi connectivity index (χ3n) is 12.0. The molecule has 0 saturated heterocycles. The van der Waals surface area contributed by atoms with Crippen LogP contribution in [0.4, 0.5) is 0 Å². The summed E-state index contributed by atoms with van der Waals surface area (Å²) in [5, 5.41) is 4.12. The molecule has 0 spiro atoms. The molecule has 4 aliphatic rings. The van der Waals surface area contributed by atoms with Crippen molar-refractivity contribution in [3.8, 4) is 22.3 Å². The van der Waals surface area contributed by atoms with Crippen LogP contribution in [-0.4, -0.2) is 21.2 Å². The first kappa shape index (κ1) is 34.6. The summed E-state index contributed by atoms with van der Waals surface area (Å²) in [6, 6.07) is 51.0. The van der Waals surface area contributed by atoms with E-state index in [-0.39, 0.29) is 11.8 Å². The number of ketones is 2. The third kappa shape index (κ3) is 5.79. The highest BCUT2D eigenvalue weighted by Crippen LogP contribution is 2.50. The van der Waals surface area contributed by atoms with E-state index in [1.165, 1.54) is 44.5 Å². The Morgan fingerprint density at radius 2 is 0.719 bits per heavy atom. The van der Waals surface area contributed by atoms with E-state index >= 15 is 0 Å². The second-order valence-corrected chi connectivity index (χ2v) is 15.5. The summed E-state index contributed by atoms with van der Waals surface area (Å²) in [5.74, 6) is 0.554. The van der Waals surface area contributed by atoms with Gasteiger partial charge >= 0.3 is 11.6 Å². The molecule has 0 aromatic heterocycles. The SMILES string of the molecule is CC1=CC(=c2ccccc2=CCC=c2ccccc2=C2C=C(C)C=C(C3c4ccccc4-c4ccccc43)C2=[OH+])C(=[OH+])C(C2c3ccccc3-c3ccccc32)=C1. The van der Waals surface area contributed by atoms with Crippen LogP contribution in [0.25, 0.3) is 45.6 Å². The summed E-state index contributed by atoms with van der Waals surface area (Å²) in [4.78, 5) is 24.4. The maximum Gasteiger partial charge on any atom is 0.351 e. The van der Waals surface area contributed by atoms with Gasteiger partial charge in [0.1, 0.15) is 0 Å². The minimum Gasteiger partial charge on any atom is -0.273 e. The predicted molar refractivity (Wildman–Crippen MR) is 237 cm³/mol. The Bertz CT molecular complexity index is 2810. The van der Waals surface area contributed by atoms with Crippen molar-refractivity contribution >= 4 is 34.9 Å². The summed E-state index contributed by atoms with van der Waals surface area (Å²) in [6.07, 6.45) is 13.7. The summed E-state index contributed by atoms with van der Waals surface area (Å²) >= 11 is 0. The van der Waals surface area contributed by atoms with Gasteiger partial charge in [0.15, 0.2) is 0 Å². The Hall–Kier alpha value is -6.90. The Morgan fingerprint density at radius 1 is 0.404 bits per heavy atom. The van der Waals surface area contributed by atoms with Crippen LogP contribution in [0, 0.1) is 0 Å². The second kappa shape index (κ2) is 14.0. The Kier molecular flexibility index (Phi) is 8.49. The van der Waals surface area contributed by atoms with Crippen LogP contribution in [-0.2, 0) is 0 Å². The molecule has 6 aromatic rings. The number of carbonyl (C=O) groups excluding carboxylic acids is 2. The summed E-state index contributed by atoms with van der Waals surface area (Å²) < 4.78 is 0. The average molecular weight is 735 g/mol. The van der Waals surface area contributed by atoms with Gasteiger partial charge in [-0.1, -0.05) is 158 Å². The van der Waals surface area contributed by atoms with Crippen molar-refractivity contribution in [1.29, 1.82) is 0 Å². The van der Waals surface area contributed by atoms with Gasteiger partial charge in [-0.05, 0) is 121 Å². The lowest BCUT2D eigenvalue weighted by molar-refractivity contribution is 0.676. The lowest BCUT2D eigenvalue weighted by Crippen LogP contribution is -2.32. The van der Waals surface area contributed by atoms with Gasteiger partial charge < -0.3 is 0 Å². The molecule has 2 N–H and O–H groups in total. The molecular formula is C55H42O2+2. The van der Waals surface area contributed by atoms with Crippen LogP contribution in [0.3, 0.4) is 0 Å². The minimum atomic E-state index is -0.0475. The first-order chi connectivity index (χ1) is 28.0. The quantitative estimate of drug-likeness (QED) is 0.162. The van der Waals surface area contributed by atoms with Crippen LogP contribution in [0.1, 0.15) is 54.4 Å². The van der Waals surface area contributed by atoms with Crippen molar-refractivity contribution in [2.45, 2.75) is 32.1 Å². The fraction of sp³-hybridized carbons (Fsp3) is 0.0909. The maximum absolute atomic E-state index is 12.2. The number of rotatable bonds is 4. The molecule has 6 aromatic carbocycles. The Labute approximate surface area is 332 Å². The van der Waals surface area contributed by atoms with Crippen LogP contribution in [0.2, 0.25) is 0 Å². The Balaban J connectivity index is 1.03. The summed E-state index contributed by atoms with van der Waals surface area (Å²) in [6.45, 7) is 4.24. The lowest BCUT2D eigenvalue weighted by atomic mass is 9.80. The molecule has 0 heterocycles. The summed E-state index contributed by atoms with van der Waals surface area (Å²) in [7, 11) is 0.